The molecule has 4 N–H and O–H groups in total. The molecule has 0 bridgehead atoms. The van der Waals surface area contributed by atoms with Gasteiger partial charge in [-0.2, -0.15) is 13.2 Å². The number of Topliss-reactive ketones (excluding diaryl/α,β-unsaturated/α-hetero) is 1. The van der Waals surface area contributed by atoms with Gasteiger partial charge in [0.25, 0.3) is 0 Å². The van der Waals surface area contributed by atoms with E-state index in [-0.39, 0.29) is 30.0 Å². The van der Waals surface area contributed by atoms with Crippen molar-refractivity contribution in [3.63, 3.8) is 0 Å². The average molecular weight is 440 g/mol. The number of carbonyl (C=O) groups is 2. The highest BCUT2D eigenvalue weighted by Gasteiger charge is 2.49. The summed E-state index contributed by atoms with van der Waals surface area (Å²) >= 11 is 7.18. The number of nitrogens with two attached hydrogens (primary N) is 1. The van der Waals surface area contributed by atoms with E-state index in [1.807, 2.05) is 0 Å². The molecular formula is C17H21ClF3N3O3S. The van der Waals surface area contributed by atoms with E-state index in [9.17, 15) is 27.9 Å². The molecular weight excluding hydrogens is 419 g/mol. The molecule has 0 saturated carbocycles. The topological polar surface area (TPSA) is 95.7 Å². The fraction of sp³-hybridized carbons (Fsp3) is 0.529. The van der Waals surface area contributed by atoms with E-state index in [0.717, 1.165) is 16.2 Å². The number of rotatable bonds is 5. The van der Waals surface area contributed by atoms with Crippen molar-refractivity contribution in [1.82, 2.24) is 10.2 Å². The van der Waals surface area contributed by atoms with Crippen LogP contribution in [-0.2, 0) is 4.79 Å². The van der Waals surface area contributed by atoms with E-state index in [2.05, 4.69) is 5.32 Å². The van der Waals surface area contributed by atoms with Gasteiger partial charge in [0.1, 0.15) is 6.61 Å². The zero-order chi connectivity index (χ0) is 21.2. The second-order valence-electron chi connectivity index (χ2n) is 6.59. The zero-order valence-electron chi connectivity index (χ0n) is 15.2. The largest absolute Gasteiger partial charge is 0.471 e. The van der Waals surface area contributed by atoms with E-state index >= 15 is 0 Å². The molecule has 2 heterocycles. The average Bonchev–Trinajstić information content (AvgIpc) is 3.01. The van der Waals surface area contributed by atoms with Gasteiger partial charge >= 0.3 is 12.1 Å². The van der Waals surface area contributed by atoms with Gasteiger partial charge in [-0.3, -0.25) is 9.59 Å². The van der Waals surface area contributed by atoms with Gasteiger partial charge in [-0.05, 0) is 31.7 Å². The minimum atomic E-state index is -5.02. The van der Waals surface area contributed by atoms with Crippen LogP contribution in [0.2, 0.25) is 4.34 Å². The summed E-state index contributed by atoms with van der Waals surface area (Å²) in [5, 5.41) is 11.8. The van der Waals surface area contributed by atoms with Crippen molar-refractivity contribution in [2.45, 2.75) is 43.9 Å². The van der Waals surface area contributed by atoms with Gasteiger partial charge in [0.2, 0.25) is 0 Å². The van der Waals surface area contributed by atoms with Crippen LogP contribution in [0, 0.1) is 0 Å². The molecule has 0 radical (unpaired) electrons. The molecule has 6 nitrogen and oxygen atoms in total. The Morgan fingerprint density at radius 3 is 2.64 bits per heavy atom. The quantitative estimate of drug-likeness (QED) is 0.613. The Morgan fingerprint density at radius 2 is 2.11 bits per heavy atom. The molecule has 0 aromatic carbocycles. The van der Waals surface area contributed by atoms with Crippen molar-refractivity contribution < 1.29 is 27.9 Å². The highest BCUT2D eigenvalue weighted by atomic mass is 35.5. The van der Waals surface area contributed by atoms with Crippen molar-refractivity contribution >= 4 is 34.6 Å². The fourth-order valence-electron chi connectivity index (χ4n) is 3.55. The molecule has 0 spiro atoms. The number of nitrogens with one attached hydrogen (secondary N) is 1. The standard InChI is InChI=1S/C17H21ClF3N3O3S/c1-8-3-9(15-10(13(26)7-25)5-14(18)28-15)4-12(11(22)6-23-2)24(8)16(27)17(19,20)21/h5-6,8-9,12,23,25H,3-4,7,22H2,1-2H3/b11-6-. The van der Waals surface area contributed by atoms with E-state index in [0.29, 0.717) is 9.21 Å². The highest BCUT2D eigenvalue weighted by molar-refractivity contribution is 7.16. The van der Waals surface area contributed by atoms with Crippen LogP contribution >= 0.6 is 22.9 Å². The molecule has 1 aromatic rings. The number of halogens is 4. The number of hydrogen-bond donors (Lipinski definition) is 3. The van der Waals surface area contributed by atoms with Crippen LogP contribution in [-0.4, -0.2) is 53.6 Å². The zero-order valence-corrected chi connectivity index (χ0v) is 16.8. The molecule has 3 unspecified atom stereocenters. The number of hydrogen-bond acceptors (Lipinski definition) is 6. The summed E-state index contributed by atoms with van der Waals surface area (Å²) in [4.78, 5) is 25.4. The maximum atomic E-state index is 13.1. The lowest BCUT2D eigenvalue weighted by Gasteiger charge is -2.44. The van der Waals surface area contributed by atoms with Crippen LogP contribution in [0.15, 0.2) is 18.0 Å². The number of aliphatic hydroxyl groups is 1. The van der Waals surface area contributed by atoms with Crippen molar-refractivity contribution in [2.24, 2.45) is 5.73 Å². The maximum Gasteiger partial charge on any atom is 0.471 e. The van der Waals surface area contributed by atoms with Crippen molar-refractivity contribution in [1.29, 1.82) is 0 Å². The second-order valence-corrected chi connectivity index (χ2v) is 8.30. The van der Waals surface area contributed by atoms with Crippen LogP contribution in [0.5, 0.6) is 0 Å². The van der Waals surface area contributed by atoms with Crippen LogP contribution in [0.4, 0.5) is 13.2 Å². The van der Waals surface area contributed by atoms with Crippen LogP contribution < -0.4 is 11.1 Å². The molecule has 1 fully saturated rings. The van der Waals surface area contributed by atoms with Crippen molar-refractivity contribution in [3.8, 4) is 0 Å². The van der Waals surface area contributed by atoms with E-state index < -0.39 is 36.6 Å². The Morgan fingerprint density at radius 1 is 1.46 bits per heavy atom. The Bertz CT molecular complexity index is 781. The summed E-state index contributed by atoms with van der Waals surface area (Å²) in [7, 11) is 1.55. The number of amides is 1. The lowest BCUT2D eigenvalue weighted by atomic mass is 9.82. The minimum Gasteiger partial charge on any atom is -0.399 e. The number of nitrogens with zero attached hydrogens (tertiary/aromatic N) is 1. The summed E-state index contributed by atoms with van der Waals surface area (Å²) in [5.74, 6) is -2.81. The number of ketones is 1. The van der Waals surface area contributed by atoms with E-state index in [4.69, 9.17) is 17.3 Å². The summed E-state index contributed by atoms with van der Waals surface area (Å²) in [5.41, 5.74) is 6.30. The van der Waals surface area contributed by atoms with Gasteiger partial charge in [-0.15, -0.1) is 11.3 Å². The van der Waals surface area contributed by atoms with Gasteiger partial charge in [-0.1, -0.05) is 11.6 Å². The van der Waals surface area contributed by atoms with Crippen molar-refractivity contribution in [3.05, 3.63) is 32.7 Å². The lowest BCUT2D eigenvalue weighted by molar-refractivity contribution is -0.191. The Labute approximate surface area is 169 Å². The number of carbonyl (C=O) groups excluding carboxylic acids is 2. The Kier molecular flexibility index (Phi) is 7.00. The van der Waals surface area contributed by atoms with Gasteiger partial charge in [0.05, 0.1) is 10.4 Å². The molecule has 1 amide bonds. The van der Waals surface area contributed by atoms with Gasteiger partial charge < -0.3 is 21.1 Å². The molecule has 1 saturated heterocycles. The predicted octanol–water partition coefficient (Wildman–Crippen LogP) is 2.62. The Hall–Kier alpha value is -1.78. The number of thiophene rings is 1. The first kappa shape index (κ1) is 22.5. The number of aliphatic hydroxyl groups excluding tert-OH is 1. The first-order valence-electron chi connectivity index (χ1n) is 8.46. The van der Waals surface area contributed by atoms with Crippen molar-refractivity contribution in [2.75, 3.05) is 13.7 Å². The highest BCUT2D eigenvalue weighted by Crippen LogP contribution is 2.43. The van der Waals surface area contributed by atoms with Gasteiger partial charge in [0.15, 0.2) is 5.78 Å². The smallest absolute Gasteiger partial charge is 0.399 e. The Balaban J connectivity index is 2.46. The molecule has 3 atom stereocenters. The molecule has 1 aliphatic heterocycles. The minimum absolute atomic E-state index is 0.0781. The van der Waals surface area contributed by atoms with E-state index in [1.54, 1.807) is 7.05 Å². The molecule has 2 rings (SSSR count). The normalized spacial score (nSPS) is 23.6. The number of likely N-dealkylation sites (tertiary alicyclic amines) is 1. The maximum absolute atomic E-state index is 13.1. The predicted molar refractivity (Wildman–Crippen MR) is 100 cm³/mol. The number of alkyl halides is 3. The molecule has 1 aromatic heterocycles. The molecule has 11 heteroatoms. The monoisotopic (exact) mass is 439 g/mol. The molecule has 1 aliphatic rings. The summed E-state index contributed by atoms with van der Waals surface area (Å²) in [6.07, 6.45) is -3.38. The third kappa shape index (κ3) is 4.61. The van der Waals surface area contributed by atoms with Crippen LogP contribution in [0.1, 0.15) is 40.9 Å². The van der Waals surface area contributed by atoms with Gasteiger partial charge in [-0.25, -0.2) is 0 Å². The summed E-state index contributed by atoms with van der Waals surface area (Å²) in [6.45, 7) is 0.810. The SMILES string of the molecule is CN/C=C(\N)C1CC(c2sc(Cl)cc2C(=O)CO)CC(C)N1C(=O)C(F)(F)F. The second kappa shape index (κ2) is 8.71. The van der Waals surface area contributed by atoms with E-state index in [1.165, 1.54) is 19.2 Å². The molecule has 156 valence electrons. The third-order valence-electron chi connectivity index (χ3n) is 4.66. The number of piperidine rings is 1. The molecule has 0 aliphatic carbocycles. The fourth-order valence-corrected chi connectivity index (χ4v) is 4.94. The first-order chi connectivity index (χ1) is 13.0. The first-order valence-corrected chi connectivity index (χ1v) is 9.66. The summed E-state index contributed by atoms with van der Waals surface area (Å²) in [6, 6.07) is -0.340. The van der Waals surface area contributed by atoms with Crippen LogP contribution in [0.25, 0.3) is 0 Å². The summed E-state index contributed by atoms with van der Waals surface area (Å²) < 4.78 is 39.7. The van der Waals surface area contributed by atoms with Gasteiger partial charge in [0, 0.05) is 35.4 Å². The third-order valence-corrected chi connectivity index (χ3v) is 6.09. The van der Waals surface area contributed by atoms with Crippen LogP contribution in [0.3, 0.4) is 0 Å². The lowest BCUT2D eigenvalue weighted by Crippen LogP contribution is -2.56. The molecule has 28 heavy (non-hydrogen) atoms.